The van der Waals surface area contributed by atoms with Crippen molar-refractivity contribution in [1.82, 2.24) is 5.32 Å². The van der Waals surface area contributed by atoms with Crippen LogP contribution in [0.2, 0.25) is 0 Å². The van der Waals surface area contributed by atoms with Crippen LogP contribution in [0.1, 0.15) is 29.6 Å². The van der Waals surface area contributed by atoms with Gasteiger partial charge in [-0.2, -0.15) is 0 Å². The van der Waals surface area contributed by atoms with E-state index in [1.807, 2.05) is 0 Å². The first-order chi connectivity index (χ1) is 8.58. The molecular formula is C13H14Br2FNO. The third kappa shape index (κ3) is 3.32. The molecule has 1 fully saturated rings. The topological polar surface area (TPSA) is 29.1 Å². The summed E-state index contributed by atoms with van der Waals surface area (Å²) in [4.78, 5) is 12.3. The predicted molar refractivity (Wildman–Crippen MR) is 76.5 cm³/mol. The molecule has 1 aliphatic carbocycles. The van der Waals surface area contributed by atoms with Crippen molar-refractivity contribution >= 4 is 37.8 Å². The Morgan fingerprint density at radius 2 is 2.22 bits per heavy atom. The fourth-order valence-corrected chi connectivity index (χ4v) is 3.32. The molecule has 1 aromatic rings. The number of carbonyl (C=O) groups is 1. The Morgan fingerprint density at radius 1 is 1.44 bits per heavy atom. The minimum absolute atomic E-state index is 0.0994. The Balaban J connectivity index is 1.95. The van der Waals surface area contributed by atoms with E-state index in [0.717, 1.165) is 12.8 Å². The SMILES string of the molecule is O=C(NCC1CCCC1Br)c1ccc(Br)cc1F. The smallest absolute Gasteiger partial charge is 0.254 e. The molecule has 2 rings (SSSR count). The van der Waals surface area contributed by atoms with Crippen molar-refractivity contribution in [3.05, 3.63) is 34.1 Å². The summed E-state index contributed by atoms with van der Waals surface area (Å²) < 4.78 is 14.2. The molecule has 18 heavy (non-hydrogen) atoms. The predicted octanol–water partition coefficient (Wildman–Crippen LogP) is 3.88. The van der Waals surface area contributed by atoms with E-state index < -0.39 is 5.82 Å². The van der Waals surface area contributed by atoms with Gasteiger partial charge in [-0.3, -0.25) is 4.79 Å². The van der Waals surface area contributed by atoms with Crippen LogP contribution in [0.5, 0.6) is 0 Å². The van der Waals surface area contributed by atoms with Crippen LogP contribution in [0.25, 0.3) is 0 Å². The number of hydrogen-bond donors (Lipinski definition) is 1. The quantitative estimate of drug-likeness (QED) is 0.794. The monoisotopic (exact) mass is 377 g/mol. The molecule has 0 spiro atoms. The van der Waals surface area contributed by atoms with Gasteiger partial charge in [0, 0.05) is 15.8 Å². The van der Waals surface area contributed by atoms with Gasteiger partial charge in [-0.15, -0.1) is 0 Å². The van der Waals surface area contributed by atoms with Crippen LogP contribution in [0.4, 0.5) is 4.39 Å². The average molecular weight is 379 g/mol. The minimum Gasteiger partial charge on any atom is -0.352 e. The van der Waals surface area contributed by atoms with Crippen LogP contribution < -0.4 is 5.32 Å². The number of amides is 1. The number of benzene rings is 1. The summed E-state index contributed by atoms with van der Waals surface area (Å²) in [5.41, 5.74) is 0.0994. The Labute approximate surface area is 123 Å². The molecular weight excluding hydrogens is 365 g/mol. The summed E-state index contributed by atoms with van der Waals surface area (Å²) in [5, 5.41) is 2.81. The Hall–Kier alpha value is -0.420. The van der Waals surface area contributed by atoms with Crippen LogP contribution in [0.15, 0.2) is 22.7 Å². The van der Waals surface area contributed by atoms with Crippen LogP contribution in [-0.2, 0) is 0 Å². The fraction of sp³-hybridized carbons (Fsp3) is 0.462. The highest BCUT2D eigenvalue weighted by Gasteiger charge is 2.25. The van der Waals surface area contributed by atoms with E-state index in [9.17, 15) is 9.18 Å². The molecule has 2 nitrogen and oxygen atoms in total. The van der Waals surface area contributed by atoms with E-state index in [0.29, 0.717) is 21.8 Å². The summed E-state index contributed by atoms with van der Waals surface area (Å²) in [6.07, 6.45) is 3.44. The lowest BCUT2D eigenvalue weighted by Gasteiger charge is -2.14. The molecule has 0 radical (unpaired) electrons. The van der Waals surface area contributed by atoms with E-state index in [4.69, 9.17) is 0 Å². The zero-order valence-corrected chi connectivity index (χ0v) is 12.9. The second-order valence-corrected chi connectivity index (χ2v) is 6.63. The molecule has 0 saturated heterocycles. The summed E-state index contributed by atoms with van der Waals surface area (Å²) >= 11 is 6.77. The van der Waals surface area contributed by atoms with Gasteiger partial charge in [0.1, 0.15) is 5.82 Å². The summed E-state index contributed by atoms with van der Waals surface area (Å²) in [6, 6.07) is 4.47. The first-order valence-corrected chi connectivity index (χ1v) is 7.66. The normalized spacial score (nSPS) is 23.1. The van der Waals surface area contributed by atoms with Crippen molar-refractivity contribution in [3.8, 4) is 0 Å². The molecule has 0 bridgehead atoms. The molecule has 2 unspecified atom stereocenters. The van der Waals surface area contributed by atoms with Gasteiger partial charge in [0.05, 0.1) is 5.56 Å². The molecule has 98 valence electrons. The largest absolute Gasteiger partial charge is 0.352 e. The zero-order valence-electron chi connectivity index (χ0n) is 9.76. The van der Waals surface area contributed by atoms with Crippen LogP contribution in [0.3, 0.4) is 0 Å². The summed E-state index contributed by atoms with van der Waals surface area (Å²) in [5.74, 6) is -0.386. The number of nitrogens with one attached hydrogen (secondary N) is 1. The van der Waals surface area contributed by atoms with Crippen molar-refractivity contribution in [3.63, 3.8) is 0 Å². The van der Waals surface area contributed by atoms with E-state index in [2.05, 4.69) is 37.2 Å². The lowest BCUT2D eigenvalue weighted by atomic mass is 10.1. The van der Waals surface area contributed by atoms with Gasteiger partial charge in [0.2, 0.25) is 0 Å². The van der Waals surface area contributed by atoms with Crippen LogP contribution in [0, 0.1) is 11.7 Å². The molecule has 0 aliphatic heterocycles. The number of carbonyl (C=O) groups excluding carboxylic acids is 1. The van der Waals surface area contributed by atoms with E-state index in [1.54, 1.807) is 6.07 Å². The molecule has 1 aromatic carbocycles. The van der Waals surface area contributed by atoms with Crippen molar-refractivity contribution < 1.29 is 9.18 Å². The van der Waals surface area contributed by atoms with Crippen LogP contribution >= 0.6 is 31.9 Å². The second kappa shape index (κ2) is 6.15. The second-order valence-electron chi connectivity index (χ2n) is 4.54. The van der Waals surface area contributed by atoms with Crippen molar-refractivity contribution in [2.75, 3.05) is 6.54 Å². The lowest BCUT2D eigenvalue weighted by molar-refractivity contribution is 0.0944. The Morgan fingerprint density at radius 3 is 2.83 bits per heavy atom. The zero-order chi connectivity index (χ0) is 13.1. The molecule has 0 aromatic heterocycles. The molecule has 5 heteroatoms. The first-order valence-electron chi connectivity index (χ1n) is 5.95. The van der Waals surface area contributed by atoms with Crippen molar-refractivity contribution in [2.24, 2.45) is 5.92 Å². The highest BCUT2D eigenvalue weighted by atomic mass is 79.9. The van der Waals surface area contributed by atoms with Gasteiger partial charge in [0.15, 0.2) is 0 Å². The maximum atomic E-state index is 13.6. The molecule has 1 N–H and O–H groups in total. The van der Waals surface area contributed by atoms with Gasteiger partial charge >= 0.3 is 0 Å². The van der Waals surface area contributed by atoms with Crippen molar-refractivity contribution in [2.45, 2.75) is 24.1 Å². The van der Waals surface area contributed by atoms with E-state index >= 15 is 0 Å². The number of halogens is 3. The Bertz CT molecular complexity index is 453. The van der Waals surface area contributed by atoms with Gasteiger partial charge in [-0.05, 0) is 37.0 Å². The number of hydrogen-bond acceptors (Lipinski definition) is 1. The highest BCUT2D eigenvalue weighted by molar-refractivity contribution is 9.10. The van der Waals surface area contributed by atoms with Crippen LogP contribution in [-0.4, -0.2) is 17.3 Å². The molecule has 0 heterocycles. The highest BCUT2D eigenvalue weighted by Crippen LogP contribution is 2.30. The van der Waals surface area contributed by atoms with Gasteiger partial charge in [-0.25, -0.2) is 4.39 Å². The van der Waals surface area contributed by atoms with Gasteiger partial charge in [-0.1, -0.05) is 38.3 Å². The average Bonchev–Trinajstić information content (AvgIpc) is 2.72. The molecule has 1 aliphatic rings. The number of alkyl halides is 1. The van der Waals surface area contributed by atoms with Crippen molar-refractivity contribution in [1.29, 1.82) is 0 Å². The van der Waals surface area contributed by atoms with Gasteiger partial charge in [0.25, 0.3) is 5.91 Å². The fourth-order valence-electron chi connectivity index (χ4n) is 2.21. The maximum absolute atomic E-state index is 13.6. The minimum atomic E-state index is -0.497. The van der Waals surface area contributed by atoms with E-state index in [-0.39, 0.29) is 11.5 Å². The third-order valence-electron chi connectivity index (χ3n) is 3.27. The first kappa shape index (κ1) is 14.0. The molecule has 2 atom stereocenters. The maximum Gasteiger partial charge on any atom is 0.254 e. The van der Waals surface area contributed by atoms with Gasteiger partial charge < -0.3 is 5.32 Å². The lowest BCUT2D eigenvalue weighted by Crippen LogP contribution is -2.31. The molecule has 1 saturated carbocycles. The molecule has 1 amide bonds. The summed E-state index contributed by atoms with van der Waals surface area (Å²) in [6.45, 7) is 0.601. The number of rotatable bonds is 3. The standard InChI is InChI=1S/C13H14Br2FNO/c14-9-4-5-10(12(16)6-9)13(18)17-7-8-2-1-3-11(8)15/h4-6,8,11H,1-3,7H2,(H,17,18). The third-order valence-corrected chi connectivity index (χ3v) is 4.97. The van der Waals surface area contributed by atoms with E-state index in [1.165, 1.54) is 18.6 Å². The summed E-state index contributed by atoms with van der Waals surface area (Å²) in [7, 11) is 0. The Kier molecular flexibility index (Phi) is 4.78.